The number of rotatable bonds is 5. The van der Waals surface area contributed by atoms with Crippen molar-refractivity contribution < 1.29 is 14.3 Å². The Bertz CT molecular complexity index is 357. The number of hydrogen-bond acceptors (Lipinski definition) is 4. The van der Waals surface area contributed by atoms with Gasteiger partial charge < -0.3 is 9.64 Å². The number of likely N-dealkylation sites (tertiary alicyclic amines) is 2. The van der Waals surface area contributed by atoms with Gasteiger partial charge in [0.15, 0.2) is 0 Å². The highest BCUT2D eigenvalue weighted by molar-refractivity contribution is 5.81. The first-order chi connectivity index (χ1) is 9.01. The minimum Gasteiger partial charge on any atom is -0.469 e. The number of carbonyl (C=O) groups is 2. The monoisotopic (exact) mass is 268 g/mol. The van der Waals surface area contributed by atoms with Crippen molar-refractivity contribution in [1.29, 1.82) is 0 Å². The summed E-state index contributed by atoms with van der Waals surface area (Å²) in [5.41, 5.74) is 0. The largest absolute Gasteiger partial charge is 0.469 e. The van der Waals surface area contributed by atoms with Gasteiger partial charge in [-0.2, -0.15) is 0 Å². The van der Waals surface area contributed by atoms with Crippen molar-refractivity contribution in [3.05, 3.63) is 0 Å². The fraction of sp³-hybridized carbons (Fsp3) is 0.857. The van der Waals surface area contributed by atoms with Crippen LogP contribution >= 0.6 is 0 Å². The highest BCUT2D eigenvalue weighted by atomic mass is 16.5. The molecule has 2 unspecified atom stereocenters. The van der Waals surface area contributed by atoms with Crippen molar-refractivity contribution in [2.24, 2.45) is 11.8 Å². The van der Waals surface area contributed by atoms with E-state index >= 15 is 0 Å². The van der Waals surface area contributed by atoms with Gasteiger partial charge in [-0.15, -0.1) is 0 Å². The quantitative estimate of drug-likeness (QED) is 0.690. The third kappa shape index (κ3) is 3.26. The van der Waals surface area contributed by atoms with E-state index in [0.29, 0.717) is 17.9 Å². The molecule has 2 aliphatic rings. The number of carbonyl (C=O) groups excluding carboxylic acids is 2. The van der Waals surface area contributed by atoms with Gasteiger partial charge >= 0.3 is 5.97 Å². The van der Waals surface area contributed by atoms with Crippen LogP contribution in [0.15, 0.2) is 0 Å². The number of methoxy groups -OCH3 is 1. The molecule has 2 aliphatic heterocycles. The maximum Gasteiger partial charge on any atom is 0.306 e. The number of hydrogen-bond donors (Lipinski definition) is 0. The number of amides is 1. The Balaban J connectivity index is 1.76. The topological polar surface area (TPSA) is 49.9 Å². The summed E-state index contributed by atoms with van der Waals surface area (Å²) in [4.78, 5) is 27.4. The first-order valence-electron chi connectivity index (χ1n) is 7.10. The Kier molecular flexibility index (Phi) is 4.45. The molecule has 0 N–H and O–H groups in total. The van der Waals surface area contributed by atoms with Crippen LogP contribution in [0.4, 0.5) is 0 Å². The van der Waals surface area contributed by atoms with E-state index in [9.17, 15) is 9.59 Å². The van der Waals surface area contributed by atoms with Gasteiger partial charge in [-0.1, -0.05) is 13.8 Å². The van der Waals surface area contributed by atoms with Crippen molar-refractivity contribution in [3.63, 3.8) is 0 Å². The number of ether oxygens (including phenoxy) is 1. The van der Waals surface area contributed by atoms with Crippen LogP contribution in [0.1, 0.15) is 26.7 Å². The zero-order chi connectivity index (χ0) is 14.0. The van der Waals surface area contributed by atoms with Crippen molar-refractivity contribution in [2.75, 3.05) is 33.3 Å². The van der Waals surface area contributed by atoms with E-state index in [0.717, 1.165) is 26.2 Å². The number of fused-ring (bicyclic) bond motifs is 1. The molecule has 0 saturated carbocycles. The summed E-state index contributed by atoms with van der Waals surface area (Å²) in [6, 6.07) is 0.546. The lowest BCUT2D eigenvalue weighted by molar-refractivity contribution is -0.143. The van der Waals surface area contributed by atoms with Gasteiger partial charge in [0, 0.05) is 44.6 Å². The Morgan fingerprint density at radius 1 is 1.21 bits per heavy atom. The third-order valence-electron chi connectivity index (χ3n) is 4.07. The normalized spacial score (nSPS) is 26.2. The molecule has 2 saturated heterocycles. The minimum absolute atomic E-state index is 0.0873. The Hall–Kier alpha value is -1.10. The molecule has 5 nitrogen and oxygen atoms in total. The van der Waals surface area contributed by atoms with Crippen LogP contribution in [0.2, 0.25) is 0 Å². The number of esters is 1. The fourth-order valence-corrected chi connectivity index (χ4v) is 3.10. The summed E-state index contributed by atoms with van der Waals surface area (Å²) < 4.78 is 4.56. The van der Waals surface area contributed by atoms with Gasteiger partial charge in [0.2, 0.25) is 5.91 Å². The van der Waals surface area contributed by atoms with Crippen LogP contribution in [0.5, 0.6) is 0 Å². The molecule has 2 fully saturated rings. The molecule has 0 aliphatic carbocycles. The smallest absolute Gasteiger partial charge is 0.306 e. The Morgan fingerprint density at radius 2 is 1.95 bits per heavy atom. The predicted octanol–water partition coefficient (Wildman–Crippen LogP) is 0.738. The zero-order valence-corrected chi connectivity index (χ0v) is 12.1. The highest BCUT2D eigenvalue weighted by Crippen LogP contribution is 2.33. The van der Waals surface area contributed by atoms with Crippen LogP contribution in [0.3, 0.4) is 0 Å². The molecule has 0 aromatic heterocycles. The lowest BCUT2D eigenvalue weighted by Crippen LogP contribution is -2.56. The summed E-state index contributed by atoms with van der Waals surface area (Å²) in [5, 5.41) is 0. The average molecular weight is 268 g/mol. The SMILES string of the molecule is COC(=O)CCC(=O)N1CC2CN(CC(C)C)C2C1. The minimum atomic E-state index is -0.308. The van der Waals surface area contributed by atoms with Gasteiger partial charge in [0.1, 0.15) is 0 Å². The molecule has 19 heavy (non-hydrogen) atoms. The van der Waals surface area contributed by atoms with Crippen LogP contribution < -0.4 is 0 Å². The second-order valence-electron chi connectivity index (χ2n) is 6.05. The summed E-state index contributed by atoms with van der Waals surface area (Å²) in [6.45, 7) is 8.37. The molecule has 0 aromatic rings. The molecule has 1 amide bonds. The lowest BCUT2D eigenvalue weighted by atomic mass is 9.91. The van der Waals surface area contributed by atoms with Crippen LogP contribution in [-0.2, 0) is 14.3 Å². The lowest BCUT2D eigenvalue weighted by Gasteiger charge is -2.44. The molecule has 0 bridgehead atoms. The Labute approximate surface area is 114 Å². The molecule has 2 atom stereocenters. The summed E-state index contributed by atoms with van der Waals surface area (Å²) in [6.07, 6.45) is 0.465. The molecule has 0 spiro atoms. The van der Waals surface area contributed by atoms with Crippen LogP contribution in [0, 0.1) is 11.8 Å². The van der Waals surface area contributed by atoms with E-state index in [1.165, 1.54) is 7.11 Å². The first-order valence-corrected chi connectivity index (χ1v) is 7.10. The fourth-order valence-electron chi connectivity index (χ4n) is 3.10. The van der Waals surface area contributed by atoms with E-state index in [4.69, 9.17) is 0 Å². The zero-order valence-electron chi connectivity index (χ0n) is 12.1. The van der Waals surface area contributed by atoms with Crippen molar-refractivity contribution in [1.82, 2.24) is 9.80 Å². The van der Waals surface area contributed by atoms with Gasteiger partial charge in [0.25, 0.3) is 0 Å². The highest BCUT2D eigenvalue weighted by Gasteiger charge is 2.46. The molecule has 0 aromatic carbocycles. The molecule has 5 heteroatoms. The molecular formula is C14H24N2O3. The molecular weight excluding hydrogens is 244 g/mol. The van der Waals surface area contributed by atoms with Crippen molar-refractivity contribution in [3.8, 4) is 0 Å². The standard InChI is InChI=1S/C14H24N2O3/c1-10(2)6-15-7-11-8-16(9-12(11)15)13(17)4-5-14(18)19-3/h10-12H,4-9H2,1-3H3. The van der Waals surface area contributed by atoms with Gasteiger partial charge in [-0.25, -0.2) is 0 Å². The van der Waals surface area contributed by atoms with Gasteiger partial charge in [-0.3, -0.25) is 14.5 Å². The predicted molar refractivity (Wildman–Crippen MR) is 71.5 cm³/mol. The van der Waals surface area contributed by atoms with E-state index in [1.807, 2.05) is 4.90 Å². The summed E-state index contributed by atoms with van der Waals surface area (Å²) >= 11 is 0. The van der Waals surface area contributed by atoms with Crippen molar-refractivity contribution in [2.45, 2.75) is 32.7 Å². The van der Waals surface area contributed by atoms with Gasteiger partial charge in [0.05, 0.1) is 13.5 Å². The van der Waals surface area contributed by atoms with Crippen LogP contribution in [-0.4, -0.2) is 61.0 Å². The van der Waals surface area contributed by atoms with Crippen molar-refractivity contribution >= 4 is 11.9 Å². The first kappa shape index (κ1) is 14.3. The summed E-state index contributed by atoms with van der Waals surface area (Å²) in [7, 11) is 1.35. The van der Waals surface area contributed by atoms with E-state index in [2.05, 4.69) is 23.5 Å². The second-order valence-corrected chi connectivity index (χ2v) is 6.05. The second kappa shape index (κ2) is 5.90. The van der Waals surface area contributed by atoms with E-state index < -0.39 is 0 Å². The summed E-state index contributed by atoms with van der Waals surface area (Å²) in [5.74, 6) is 1.09. The molecule has 2 rings (SSSR count). The maximum atomic E-state index is 12.0. The maximum absolute atomic E-state index is 12.0. The molecule has 0 radical (unpaired) electrons. The number of nitrogens with zero attached hydrogens (tertiary/aromatic N) is 2. The van der Waals surface area contributed by atoms with Gasteiger partial charge in [-0.05, 0) is 5.92 Å². The average Bonchev–Trinajstić information content (AvgIpc) is 2.70. The third-order valence-corrected chi connectivity index (χ3v) is 4.07. The van der Waals surface area contributed by atoms with E-state index in [1.54, 1.807) is 0 Å². The molecule has 2 heterocycles. The Morgan fingerprint density at radius 3 is 2.58 bits per heavy atom. The van der Waals surface area contributed by atoms with E-state index in [-0.39, 0.29) is 24.7 Å². The van der Waals surface area contributed by atoms with Crippen LogP contribution in [0.25, 0.3) is 0 Å². The molecule has 108 valence electrons.